The van der Waals surface area contributed by atoms with Crippen molar-refractivity contribution in [3.8, 4) is 11.5 Å². The summed E-state index contributed by atoms with van der Waals surface area (Å²) in [4.78, 5) is 18.8. The van der Waals surface area contributed by atoms with E-state index in [9.17, 15) is 4.79 Å². The molecule has 132 valence electrons. The van der Waals surface area contributed by atoms with Crippen LogP contribution in [0, 0.1) is 0 Å². The first kappa shape index (κ1) is 17.5. The van der Waals surface area contributed by atoms with Gasteiger partial charge in [0.1, 0.15) is 17.3 Å². The number of rotatable bonds is 6. The van der Waals surface area contributed by atoms with E-state index >= 15 is 0 Å². The van der Waals surface area contributed by atoms with Gasteiger partial charge in [0.2, 0.25) is 0 Å². The summed E-state index contributed by atoms with van der Waals surface area (Å²) < 4.78 is 5.79. The van der Waals surface area contributed by atoms with Gasteiger partial charge in [-0.25, -0.2) is 4.98 Å². The first-order chi connectivity index (χ1) is 12.6. The van der Waals surface area contributed by atoms with E-state index in [-0.39, 0.29) is 5.91 Å². The Morgan fingerprint density at radius 3 is 2.54 bits per heavy atom. The summed E-state index contributed by atoms with van der Waals surface area (Å²) in [6, 6.07) is 20.4. The molecule has 0 unspecified atom stereocenters. The SMILES string of the molecule is CN(C)c1ncccc1CNC(=O)c1cccc(Oc2ccccc2)c1. The van der Waals surface area contributed by atoms with Gasteiger partial charge in [-0.2, -0.15) is 0 Å². The number of carbonyl (C=O) groups excluding carboxylic acids is 1. The van der Waals surface area contributed by atoms with Crippen LogP contribution in [0.3, 0.4) is 0 Å². The van der Waals surface area contributed by atoms with Gasteiger partial charge in [0.25, 0.3) is 5.91 Å². The van der Waals surface area contributed by atoms with Crippen molar-refractivity contribution in [1.82, 2.24) is 10.3 Å². The highest BCUT2D eigenvalue weighted by Gasteiger charge is 2.10. The number of hydrogen-bond donors (Lipinski definition) is 1. The Morgan fingerprint density at radius 2 is 1.77 bits per heavy atom. The molecule has 5 nitrogen and oxygen atoms in total. The van der Waals surface area contributed by atoms with Crippen LogP contribution in [0.5, 0.6) is 11.5 Å². The van der Waals surface area contributed by atoms with Crippen molar-refractivity contribution >= 4 is 11.7 Å². The number of nitrogens with one attached hydrogen (secondary N) is 1. The van der Waals surface area contributed by atoms with Gasteiger partial charge >= 0.3 is 0 Å². The third kappa shape index (κ3) is 4.39. The largest absolute Gasteiger partial charge is 0.457 e. The topological polar surface area (TPSA) is 54.5 Å². The molecule has 0 saturated carbocycles. The number of hydrogen-bond acceptors (Lipinski definition) is 4. The van der Waals surface area contributed by atoms with Gasteiger partial charge in [-0.05, 0) is 36.4 Å². The smallest absolute Gasteiger partial charge is 0.251 e. The Labute approximate surface area is 153 Å². The molecule has 0 atom stereocenters. The first-order valence-electron chi connectivity index (χ1n) is 8.36. The lowest BCUT2D eigenvalue weighted by Crippen LogP contribution is -2.24. The van der Waals surface area contributed by atoms with Crippen LogP contribution >= 0.6 is 0 Å². The first-order valence-corrected chi connectivity index (χ1v) is 8.36. The van der Waals surface area contributed by atoms with Crippen LogP contribution in [0.1, 0.15) is 15.9 Å². The third-order valence-electron chi connectivity index (χ3n) is 3.81. The molecule has 0 aliphatic carbocycles. The maximum Gasteiger partial charge on any atom is 0.251 e. The molecule has 3 rings (SSSR count). The summed E-state index contributed by atoms with van der Waals surface area (Å²) in [5, 5.41) is 2.94. The van der Waals surface area contributed by atoms with E-state index in [1.54, 1.807) is 18.3 Å². The minimum atomic E-state index is -0.155. The lowest BCUT2D eigenvalue weighted by molar-refractivity contribution is 0.0950. The zero-order valence-electron chi connectivity index (χ0n) is 14.8. The number of pyridine rings is 1. The monoisotopic (exact) mass is 347 g/mol. The van der Waals surface area contributed by atoms with E-state index in [4.69, 9.17) is 4.74 Å². The molecule has 5 heteroatoms. The highest BCUT2D eigenvalue weighted by atomic mass is 16.5. The number of nitrogens with zero attached hydrogens (tertiary/aromatic N) is 2. The fourth-order valence-corrected chi connectivity index (χ4v) is 2.57. The molecule has 0 spiro atoms. The van der Waals surface area contributed by atoms with Crippen LogP contribution < -0.4 is 15.0 Å². The highest BCUT2D eigenvalue weighted by molar-refractivity contribution is 5.94. The molecule has 2 aromatic carbocycles. The zero-order valence-corrected chi connectivity index (χ0v) is 14.8. The van der Waals surface area contributed by atoms with Crippen LogP contribution in [0.2, 0.25) is 0 Å². The number of anilines is 1. The summed E-state index contributed by atoms with van der Waals surface area (Å²) in [6.45, 7) is 0.407. The maximum absolute atomic E-state index is 12.5. The summed E-state index contributed by atoms with van der Waals surface area (Å²) in [6.07, 6.45) is 1.74. The number of ether oxygens (including phenoxy) is 1. The Bertz CT molecular complexity index is 879. The van der Waals surface area contributed by atoms with Crippen molar-refractivity contribution in [2.45, 2.75) is 6.54 Å². The zero-order chi connectivity index (χ0) is 18.4. The minimum absolute atomic E-state index is 0.155. The van der Waals surface area contributed by atoms with Crippen molar-refractivity contribution in [2.75, 3.05) is 19.0 Å². The van der Waals surface area contributed by atoms with E-state index < -0.39 is 0 Å². The molecule has 26 heavy (non-hydrogen) atoms. The van der Waals surface area contributed by atoms with Gasteiger partial charge in [0, 0.05) is 38.0 Å². The van der Waals surface area contributed by atoms with Crippen LogP contribution in [0.25, 0.3) is 0 Å². The van der Waals surface area contributed by atoms with Gasteiger partial charge in [0.05, 0.1) is 0 Å². The lowest BCUT2D eigenvalue weighted by Gasteiger charge is -2.16. The van der Waals surface area contributed by atoms with Gasteiger partial charge < -0.3 is 15.0 Å². The molecule has 0 radical (unpaired) electrons. The number of carbonyl (C=O) groups is 1. The molecule has 0 aliphatic heterocycles. The van der Waals surface area contributed by atoms with Crippen molar-refractivity contribution in [3.63, 3.8) is 0 Å². The average molecular weight is 347 g/mol. The molecule has 0 fully saturated rings. The van der Waals surface area contributed by atoms with Gasteiger partial charge in [-0.15, -0.1) is 0 Å². The van der Waals surface area contributed by atoms with Gasteiger partial charge in [0.15, 0.2) is 0 Å². The fourth-order valence-electron chi connectivity index (χ4n) is 2.57. The van der Waals surface area contributed by atoms with Crippen LogP contribution in [0.4, 0.5) is 5.82 Å². The fraction of sp³-hybridized carbons (Fsp3) is 0.143. The van der Waals surface area contributed by atoms with E-state index in [0.29, 0.717) is 17.9 Å². The normalized spacial score (nSPS) is 10.2. The summed E-state index contributed by atoms with van der Waals surface area (Å²) in [5.41, 5.74) is 1.51. The van der Waals surface area contributed by atoms with Gasteiger partial charge in [-0.1, -0.05) is 30.3 Å². The summed E-state index contributed by atoms with van der Waals surface area (Å²) in [5.74, 6) is 2.04. The number of aromatic nitrogens is 1. The minimum Gasteiger partial charge on any atom is -0.457 e. The van der Waals surface area contributed by atoms with Crippen LogP contribution in [-0.2, 0) is 6.54 Å². The second-order valence-electron chi connectivity index (χ2n) is 6.01. The van der Waals surface area contributed by atoms with Crippen molar-refractivity contribution in [2.24, 2.45) is 0 Å². The van der Waals surface area contributed by atoms with Gasteiger partial charge in [-0.3, -0.25) is 4.79 Å². The number of para-hydroxylation sites is 1. The third-order valence-corrected chi connectivity index (χ3v) is 3.81. The van der Waals surface area contributed by atoms with Crippen molar-refractivity contribution in [3.05, 3.63) is 84.1 Å². The molecule has 0 saturated heterocycles. The van der Waals surface area contributed by atoms with Crippen LogP contribution in [0.15, 0.2) is 72.9 Å². The van der Waals surface area contributed by atoms with E-state index in [1.807, 2.05) is 73.6 Å². The Hall–Kier alpha value is -3.34. The summed E-state index contributed by atoms with van der Waals surface area (Å²) in [7, 11) is 3.86. The predicted octanol–water partition coefficient (Wildman–Crippen LogP) is 3.87. The molecular weight excluding hydrogens is 326 g/mol. The molecule has 3 aromatic rings. The lowest BCUT2D eigenvalue weighted by atomic mass is 10.2. The number of benzene rings is 2. The molecule has 1 N–H and O–H groups in total. The predicted molar refractivity (Wildman–Crippen MR) is 103 cm³/mol. The van der Waals surface area contributed by atoms with E-state index in [2.05, 4.69) is 10.3 Å². The standard InChI is InChI=1S/C21H21N3O2/c1-24(2)20-17(9-7-13-22-20)15-23-21(25)16-8-6-12-19(14-16)26-18-10-4-3-5-11-18/h3-14H,15H2,1-2H3,(H,23,25). The van der Waals surface area contributed by atoms with Crippen molar-refractivity contribution < 1.29 is 9.53 Å². The Morgan fingerprint density at radius 1 is 1.00 bits per heavy atom. The molecule has 0 aliphatic rings. The van der Waals surface area contributed by atoms with Crippen molar-refractivity contribution in [1.29, 1.82) is 0 Å². The maximum atomic E-state index is 12.5. The molecule has 1 heterocycles. The highest BCUT2D eigenvalue weighted by Crippen LogP contribution is 2.22. The number of amides is 1. The molecule has 0 bridgehead atoms. The quantitative estimate of drug-likeness (QED) is 0.735. The second-order valence-corrected chi connectivity index (χ2v) is 6.01. The molecule has 1 aromatic heterocycles. The molecule has 1 amide bonds. The summed E-state index contributed by atoms with van der Waals surface area (Å²) >= 11 is 0. The van der Waals surface area contributed by atoms with E-state index in [0.717, 1.165) is 17.1 Å². The Kier molecular flexibility index (Phi) is 5.49. The average Bonchev–Trinajstić information content (AvgIpc) is 2.67. The van der Waals surface area contributed by atoms with E-state index in [1.165, 1.54) is 0 Å². The van der Waals surface area contributed by atoms with Crippen LogP contribution in [-0.4, -0.2) is 25.0 Å². The molecular formula is C21H21N3O2. The Balaban J connectivity index is 1.68. The second kappa shape index (κ2) is 8.16.